The van der Waals surface area contributed by atoms with Gasteiger partial charge in [0.1, 0.15) is 5.75 Å². The summed E-state index contributed by atoms with van der Waals surface area (Å²) in [5.41, 5.74) is 2.68. The molecule has 1 heterocycles. The molecule has 2 N–H and O–H groups in total. The van der Waals surface area contributed by atoms with Crippen molar-refractivity contribution < 1.29 is 9.53 Å². The summed E-state index contributed by atoms with van der Waals surface area (Å²) in [6.07, 6.45) is 3.16. The van der Waals surface area contributed by atoms with Crippen LogP contribution in [0.25, 0.3) is 17.3 Å². The Morgan fingerprint density at radius 3 is 2.75 bits per heavy atom. The second-order valence-corrected chi connectivity index (χ2v) is 7.70. The number of halogens is 1. The van der Waals surface area contributed by atoms with Crippen LogP contribution in [0.4, 0.5) is 5.13 Å². The van der Waals surface area contributed by atoms with E-state index in [-0.39, 0.29) is 11.0 Å². The molecular weight excluding hydrogens is 458 g/mol. The number of hydrogen-bond acceptors (Lipinski definition) is 5. The zero-order valence-electron chi connectivity index (χ0n) is 14.8. The van der Waals surface area contributed by atoms with Gasteiger partial charge in [-0.15, -0.1) is 11.3 Å². The second kappa shape index (κ2) is 9.59. The van der Waals surface area contributed by atoms with E-state index in [1.807, 2.05) is 53.9 Å². The Kier molecular flexibility index (Phi) is 6.91. The first-order valence-electron chi connectivity index (χ1n) is 8.19. The standard InChI is InChI=1S/C20H16BrN3O2S2/c1-26-17-9-8-14(11-15(17)21)16-12-28-20(22-16)24-19(27)23-18(25)10-7-13-5-3-2-4-6-13/h2-12H,1H3,(H2,22,23,24,25,27)/b10-7+. The predicted octanol–water partition coefficient (Wildman–Crippen LogP) is 5.11. The Morgan fingerprint density at radius 2 is 2.04 bits per heavy atom. The Labute approximate surface area is 180 Å². The molecule has 28 heavy (non-hydrogen) atoms. The molecule has 1 aromatic heterocycles. The minimum atomic E-state index is -0.308. The molecule has 8 heteroatoms. The van der Waals surface area contributed by atoms with E-state index in [9.17, 15) is 4.79 Å². The molecule has 0 aliphatic carbocycles. The second-order valence-electron chi connectivity index (χ2n) is 5.57. The van der Waals surface area contributed by atoms with Crippen LogP contribution in [-0.4, -0.2) is 23.1 Å². The van der Waals surface area contributed by atoms with Crippen molar-refractivity contribution in [3.8, 4) is 17.0 Å². The van der Waals surface area contributed by atoms with Gasteiger partial charge in [-0.05, 0) is 58.0 Å². The molecule has 0 unspecified atom stereocenters. The topological polar surface area (TPSA) is 63.2 Å². The first-order valence-corrected chi connectivity index (χ1v) is 10.3. The van der Waals surface area contributed by atoms with E-state index < -0.39 is 0 Å². The van der Waals surface area contributed by atoms with E-state index in [1.54, 1.807) is 13.2 Å². The molecule has 0 saturated carbocycles. The summed E-state index contributed by atoms with van der Waals surface area (Å²) in [4.78, 5) is 16.5. The van der Waals surface area contributed by atoms with E-state index in [0.29, 0.717) is 5.13 Å². The third-order valence-corrected chi connectivity index (χ3v) is 5.22. The number of methoxy groups -OCH3 is 1. The van der Waals surface area contributed by atoms with Gasteiger partial charge in [0, 0.05) is 17.0 Å². The Bertz CT molecular complexity index is 1020. The SMILES string of the molecule is COc1ccc(-c2csc(NC(=S)NC(=O)/C=C/c3ccccc3)n2)cc1Br. The van der Waals surface area contributed by atoms with Gasteiger partial charge in [0.15, 0.2) is 10.2 Å². The first kappa shape index (κ1) is 20.2. The van der Waals surface area contributed by atoms with Crippen molar-refractivity contribution in [1.82, 2.24) is 10.3 Å². The summed E-state index contributed by atoms with van der Waals surface area (Å²) in [6, 6.07) is 15.3. The van der Waals surface area contributed by atoms with Crippen LogP contribution in [-0.2, 0) is 4.79 Å². The van der Waals surface area contributed by atoms with Crippen LogP contribution in [0.5, 0.6) is 5.75 Å². The molecule has 0 atom stereocenters. The van der Waals surface area contributed by atoms with Crippen LogP contribution in [0.1, 0.15) is 5.56 Å². The summed E-state index contributed by atoms with van der Waals surface area (Å²) < 4.78 is 6.09. The highest BCUT2D eigenvalue weighted by molar-refractivity contribution is 9.10. The molecule has 142 valence electrons. The van der Waals surface area contributed by atoms with Crippen molar-refractivity contribution in [3.05, 3.63) is 70.0 Å². The Balaban J connectivity index is 1.58. The number of benzene rings is 2. The third-order valence-electron chi connectivity index (χ3n) is 3.64. The largest absolute Gasteiger partial charge is 0.496 e. The number of thiazole rings is 1. The van der Waals surface area contributed by atoms with Gasteiger partial charge in [-0.2, -0.15) is 0 Å². The molecule has 0 radical (unpaired) electrons. The van der Waals surface area contributed by atoms with E-state index in [0.717, 1.165) is 27.0 Å². The van der Waals surface area contributed by atoms with Crippen molar-refractivity contribution >= 4 is 61.7 Å². The van der Waals surface area contributed by atoms with Crippen LogP contribution < -0.4 is 15.4 Å². The fourth-order valence-electron chi connectivity index (χ4n) is 2.31. The lowest BCUT2D eigenvalue weighted by Crippen LogP contribution is -2.32. The molecule has 0 spiro atoms. The minimum absolute atomic E-state index is 0.194. The van der Waals surface area contributed by atoms with Crippen LogP contribution in [0, 0.1) is 0 Å². The average Bonchev–Trinajstić information content (AvgIpc) is 3.15. The van der Waals surface area contributed by atoms with Gasteiger partial charge in [-0.25, -0.2) is 4.98 Å². The molecular formula is C20H16BrN3O2S2. The molecule has 0 aliphatic rings. The maximum atomic E-state index is 12.0. The van der Waals surface area contributed by atoms with Crippen LogP contribution in [0.15, 0.2) is 64.5 Å². The van der Waals surface area contributed by atoms with E-state index in [4.69, 9.17) is 17.0 Å². The molecule has 5 nitrogen and oxygen atoms in total. The fourth-order valence-corrected chi connectivity index (χ4v) is 3.83. The predicted molar refractivity (Wildman–Crippen MR) is 122 cm³/mol. The highest BCUT2D eigenvalue weighted by atomic mass is 79.9. The summed E-state index contributed by atoms with van der Waals surface area (Å²) in [6.45, 7) is 0. The van der Waals surface area contributed by atoms with Crippen molar-refractivity contribution in [2.24, 2.45) is 0 Å². The number of anilines is 1. The summed E-state index contributed by atoms with van der Waals surface area (Å²) in [5, 5.41) is 8.25. The summed E-state index contributed by atoms with van der Waals surface area (Å²) >= 11 is 10.1. The first-order chi connectivity index (χ1) is 13.5. The highest BCUT2D eigenvalue weighted by Gasteiger charge is 2.09. The van der Waals surface area contributed by atoms with E-state index in [2.05, 4.69) is 31.5 Å². The van der Waals surface area contributed by atoms with Crippen LogP contribution >= 0.6 is 39.5 Å². The zero-order valence-corrected chi connectivity index (χ0v) is 18.0. The monoisotopic (exact) mass is 473 g/mol. The summed E-state index contributed by atoms with van der Waals surface area (Å²) in [7, 11) is 1.62. The number of amides is 1. The molecule has 1 amide bonds. The average molecular weight is 474 g/mol. The molecule has 0 bridgehead atoms. The lowest BCUT2D eigenvalue weighted by molar-refractivity contribution is -0.115. The van der Waals surface area contributed by atoms with Gasteiger partial charge in [-0.3, -0.25) is 10.1 Å². The number of nitrogens with one attached hydrogen (secondary N) is 2. The fraction of sp³-hybridized carbons (Fsp3) is 0.0500. The zero-order chi connectivity index (χ0) is 19.9. The van der Waals surface area contributed by atoms with Crippen molar-refractivity contribution in [2.45, 2.75) is 0 Å². The molecule has 3 rings (SSSR count). The molecule has 0 saturated heterocycles. The summed E-state index contributed by atoms with van der Waals surface area (Å²) in [5.74, 6) is 0.446. The minimum Gasteiger partial charge on any atom is -0.496 e. The molecule has 0 aliphatic heterocycles. The number of ether oxygens (including phenoxy) is 1. The van der Waals surface area contributed by atoms with Gasteiger partial charge in [0.25, 0.3) is 0 Å². The smallest absolute Gasteiger partial charge is 0.250 e. The lowest BCUT2D eigenvalue weighted by atomic mass is 10.2. The maximum Gasteiger partial charge on any atom is 0.250 e. The number of nitrogens with zero attached hydrogens (tertiary/aromatic N) is 1. The quantitative estimate of drug-likeness (QED) is 0.398. The van der Waals surface area contributed by atoms with Crippen LogP contribution in [0.2, 0.25) is 0 Å². The molecule has 3 aromatic rings. The van der Waals surface area contributed by atoms with Gasteiger partial charge in [0.05, 0.1) is 17.3 Å². The number of aromatic nitrogens is 1. The Morgan fingerprint density at radius 1 is 1.25 bits per heavy atom. The van der Waals surface area contributed by atoms with Crippen molar-refractivity contribution in [1.29, 1.82) is 0 Å². The highest BCUT2D eigenvalue weighted by Crippen LogP contribution is 2.31. The van der Waals surface area contributed by atoms with Gasteiger partial charge >= 0.3 is 0 Å². The van der Waals surface area contributed by atoms with Crippen LogP contribution in [0.3, 0.4) is 0 Å². The number of thiocarbonyl (C=S) groups is 1. The van der Waals surface area contributed by atoms with Gasteiger partial charge in [-0.1, -0.05) is 30.3 Å². The number of rotatable bonds is 5. The maximum absolute atomic E-state index is 12.0. The lowest BCUT2D eigenvalue weighted by Gasteiger charge is -2.05. The van der Waals surface area contributed by atoms with E-state index in [1.165, 1.54) is 17.4 Å². The van der Waals surface area contributed by atoms with E-state index >= 15 is 0 Å². The third kappa shape index (κ3) is 5.48. The molecule has 2 aromatic carbocycles. The van der Waals surface area contributed by atoms with Gasteiger partial charge < -0.3 is 10.1 Å². The Hall–Kier alpha value is -2.55. The van der Waals surface area contributed by atoms with Crippen molar-refractivity contribution in [3.63, 3.8) is 0 Å². The van der Waals surface area contributed by atoms with Crippen molar-refractivity contribution in [2.75, 3.05) is 12.4 Å². The number of carbonyl (C=O) groups is 1. The number of carbonyl (C=O) groups excluding carboxylic acids is 1. The van der Waals surface area contributed by atoms with Gasteiger partial charge in [0.2, 0.25) is 5.91 Å². The number of hydrogen-bond donors (Lipinski definition) is 2. The molecule has 0 fully saturated rings. The normalized spacial score (nSPS) is 10.6.